The van der Waals surface area contributed by atoms with Crippen molar-refractivity contribution in [3.63, 3.8) is 0 Å². The predicted octanol–water partition coefficient (Wildman–Crippen LogP) is 2.92. The first kappa shape index (κ1) is 13.9. The Labute approximate surface area is 116 Å². The Morgan fingerprint density at radius 2 is 1.84 bits per heavy atom. The quantitative estimate of drug-likeness (QED) is 0.927. The Morgan fingerprint density at radius 1 is 1.11 bits per heavy atom. The lowest BCUT2D eigenvalue weighted by molar-refractivity contribution is 0.504. The number of nitrogens with zero attached hydrogens (tertiary/aromatic N) is 1. The Bertz CT molecular complexity index is 705. The molecule has 0 aliphatic carbocycles. The van der Waals surface area contributed by atoms with Crippen molar-refractivity contribution < 1.29 is 17.2 Å². The third-order valence-corrected chi connectivity index (χ3v) is 3.99. The fourth-order valence-electron chi connectivity index (χ4n) is 1.28. The maximum Gasteiger partial charge on any atom is 0.263 e. The summed E-state index contributed by atoms with van der Waals surface area (Å²) in [6.45, 7) is 0. The van der Waals surface area contributed by atoms with E-state index in [0.29, 0.717) is 10.5 Å². The lowest BCUT2D eigenvalue weighted by Crippen LogP contribution is -2.14. The third-order valence-electron chi connectivity index (χ3n) is 2.17. The first-order valence-electron chi connectivity index (χ1n) is 4.98. The van der Waals surface area contributed by atoms with Gasteiger partial charge in [0, 0.05) is 10.7 Å². The number of sulfonamides is 1. The van der Waals surface area contributed by atoms with Gasteiger partial charge in [-0.1, -0.05) is 0 Å². The highest BCUT2D eigenvalue weighted by Crippen LogP contribution is 2.18. The van der Waals surface area contributed by atoms with Gasteiger partial charge >= 0.3 is 0 Å². The molecule has 0 saturated carbocycles. The van der Waals surface area contributed by atoms with Gasteiger partial charge in [0.05, 0.1) is 4.90 Å². The van der Waals surface area contributed by atoms with Gasteiger partial charge in [-0.3, -0.25) is 4.72 Å². The SMILES string of the molecule is O=S(=O)(Nc1ccc(Br)cn1)c1ccc(F)c(F)c1. The van der Waals surface area contributed by atoms with Crippen molar-refractivity contribution in [2.45, 2.75) is 4.90 Å². The zero-order valence-electron chi connectivity index (χ0n) is 9.27. The molecular formula is C11H7BrF2N2O2S. The van der Waals surface area contributed by atoms with E-state index in [0.717, 1.165) is 12.1 Å². The number of aromatic nitrogens is 1. The maximum atomic E-state index is 13.0. The van der Waals surface area contributed by atoms with Crippen LogP contribution >= 0.6 is 15.9 Å². The van der Waals surface area contributed by atoms with Crippen molar-refractivity contribution >= 4 is 31.8 Å². The van der Waals surface area contributed by atoms with Gasteiger partial charge in [-0.05, 0) is 46.3 Å². The summed E-state index contributed by atoms with van der Waals surface area (Å²) in [6, 6.07) is 5.35. The van der Waals surface area contributed by atoms with Crippen molar-refractivity contribution in [1.82, 2.24) is 4.98 Å². The van der Waals surface area contributed by atoms with Crippen LogP contribution in [-0.4, -0.2) is 13.4 Å². The summed E-state index contributed by atoms with van der Waals surface area (Å²) in [5.41, 5.74) is 0. The molecule has 0 amide bonds. The molecule has 0 fully saturated rings. The molecule has 19 heavy (non-hydrogen) atoms. The van der Waals surface area contributed by atoms with Crippen LogP contribution < -0.4 is 4.72 Å². The number of rotatable bonds is 3. The number of pyridine rings is 1. The van der Waals surface area contributed by atoms with Gasteiger partial charge < -0.3 is 0 Å². The molecule has 0 aliphatic heterocycles. The highest BCUT2D eigenvalue weighted by Gasteiger charge is 2.17. The molecule has 100 valence electrons. The summed E-state index contributed by atoms with van der Waals surface area (Å²) in [7, 11) is -4.00. The largest absolute Gasteiger partial charge is 0.263 e. The van der Waals surface area contributed by atoms with Gasteiger partial charge in [0.1, 0.15) is 5.82 Å². The second-order valence-electron chi connectivity index (χ2n) is 3.54. The summed E-state index contributed by atoms with van der Waals surface area (Å²) in [5.74, 6) is -2.26. The Kier molecular flexibility index (Phi) is 3.81. The maximum absolute atomic E-state index is 13.0. The van der Waals surface area contributed by atoms with E-state index in [2.05, 4.69) is 25.6 Å². The van der Waals surface area contributed by atoms with Crippen LogP contribution in [0.1, 0.15) is 0 Å². The van der Waals surface area contributed by atoms with Crippen LogP contribution in [0, 0.1) is 11.6 Å². The van der Waals surface area contributed by atoms with E-state index < -0.39 is 21.7 Å². The van der Waals surface area contributed by atoms with Crippen LogP contribution in [0.15, 0.2) is 45.9 Å². The third kappa shape index (κ3) is 3.27. The van der Waals surface area contributed by atoms with Gasteiger partial charge in [-0.25, -0.2) is 22.2 Å². The van der Waals surface area contributed by atoms with Gasteiger partial charge in [-0.2, -0.15) is 0 Å². The summed E-state index contributed by atoms with van der Waals surface area (Å²) < 4.78 is 52.4. The van der Waals surface area contributed by atoms with Crippen LogP contribution in [0.25, 0.3) is 0 Å². The van der Waals surface area contributed by atoms with Crippen molar-refractivity contribution in [2.24, 2.45) is 0 Å². The molecule has 0 radical (unpaired) electrons. The molecule has 0 aliphatic rings. The van der Waals surface area contributed by atoms with Crippen molar-refractivity contribution in [2.75, 3.05) is 4.72 Å². The Morgan fingerprint density at radius 3 is 2.42 bits per heavy atom. The lowest BCUT2D eigenvalue weighted by atomic mass is 10.3. The van der Waals surface area contributed by atoms with E-state index >= 15 is 0 Å². The van der Waals surface area contributed by atoms with Crippen LogP contribution in [0.5, 0.6) is 0 Å². The highest BCUT2D eigenvalue weighted by molar-refractivity contribution is 9.10. The summed E-state index contributed by atoms with van der Waals surface area (Å²) in [5, 5.41) is 0. The topological polar surface area (TPSA) is 59.1 Å². The molecule has 1 N–H and O–H groups in total. The van der Waals surface area contributed by atoms with E-state index in [4.69, 9.17) is 0 Å². The predicted molar refractivity (Wildman–Crippen MR) is 69.1 cm³/mol. The number of anilines is 1. The van der Waals surface area contributed by atoms with Crippen molar-refractivity contribution in [3.05, 3.63) is 52.6 Å². The van der Waals surface area contributed by atoms with Crippen LogP contribution in [0.3, 0.4) is 0 Å². The monoisotopic (exact) mass is 348 g/mol. The number of hydrogen-bond acceptors (Lipinski definition) is 3. The minimum Gasteiger partial charge on any atom is -0.263 e. The van der Waals surface area contributed by atoms with Crippen molar-refractivity contribution in [3.8, 4) is 0 Å². The lowest BCUT2D eigenvalue weighted by Gasteiger charge is -2.07. The molecule has 0 atom stereocenters. The van der Waals surface area contributed by atoms with Gasteiger partial charge in [-0.15, -0.1) is 0 Å². The van der Waals surface area contributed by atoms with Crippen LogP contribution in [-0.2, 0) is 10.0 Å². The molecule has 2 aromatic rings. The number of nitrogens with one attached hydrogen (secondary N) is 1. The zero-order chi connectivity index (χ0) is 14.0. The average molecular weight is 349 g/mol. The highest BCUT2D eigenvalue weighted by atomic mass is 79.9. The molecule has 0 bridgehead atoms. The molecular weight excluding hydrogens is 342 g/mol. The number of halogens is 3. The average Bonchev–Trinajstić information content (AvgIpc) is 2.35. The molecule has 1 aromatic heterocycles. The molecule has 0 unspecified atom stereocenters. The smallest absolute Gasteiger partial charge is 0.263 e. The Balaban J connectivity index is 2.32. The van der Waals surface area contributed by atoms with E-state index in [1.54, 1.807) is 6.07 Å². The molecule has 1 aromatic carbocycles. The first-order chi connectivity index (χ1) is 8.88. The summed E-state index contributed by atoms with van der Waals surface area (Å²) >= 11 is 3.16. The van der Waals surface area contributed by atoms with Gasteiger partial charge in [0.2, 0.25) is 0 Å². The second-order valence-corrected chi connectivity index (χ2v) is 6.14. The van der Waals surface area contributed by atoms with E-state index in [9.17, 15) is 17.2 Å². The second kappa shape index (κ2) is 5.22. The minimum absolute atomic E-state index is 0.0768. The van der Waals surface area contributed by atoms with Crippen molar-refractivity contribution in [1.29, 1.82) is 0 Å². The van der Waals surface area contributed by atoms with E-state index in [1.807, 2.05) is 0 Å². The summed E-state index contributed by atoms with van der Waals surface area (Å²) in [6.07, 6.45) is 1.41. The Hall–Kier alpha value is -1.54. The normalized spacial score (nSPS) is 11.3. The fourth-order valence-corrected chi connectivity index (χ4v) is 2.53. The molecule has 2 rings (SSSR count). The molecule has 1 heterocycles. The number of benzene rings is 1. The van der Waals surface area contributed by atoms with Gasteiger partial charge in [0.25, 0.3) is 10.0 Å². The van der Waals surface area contributed by atoms with Crippen LogP contribution in [0.2, 0.25) is 0 Å². The standard InChI is InChI=1S/C11H7BrF2N2O2S/c12-7-1-4-11(15-6-7)16-19(17,18)8-2-3-9(13)10(14)5-8/h1-6H,(H,15,16). The number of hydrogen-bond donors (Lipinski definition) is 1. The fraction of sp³-hybridized carbons (Fsp3) is 0. The van der Waals surface area contributed by atoms with E-state index in [-0.39, 0.29) is 10.7 Å². The molecule has 4 nitrogen and oxygen atoms in total. The zero-order valence-corrected chi connectivity index (χ0v) is 11.7. The molecule has 8 heteroatoms. The van der Waals surface area contributed by atoms with Gasteiger partial charge in [0.15, 0.2) is 11.6 Å². The van der Waals surface area contributed by atoms with Crippen LogP contribution in [0.4, 0.5) is 14.6 Å². The minimum atomic E-state index is -4.00. The van der Waals surface area contributed by atoms with E-state index in [1.165, 1.54) is 12.3 Å². The first-order valence-corrected chi connectivity index (χ1v) is 7.25. The summed E-state index contributed by atoms with van der Waals surface area (Å²) in [4.78, 5) is 3.45. The molecule has 0 spiro atoms. The molecule has 0 saturated heterocycles.